The molecule has 0 saturated heterocycles. The molecule has 0 fully saturated rings. The zero-order chi connectivity index (χ0) is 56.4. The molecule has 6 nitrogen and oxygen atoms in total. The van der Waals surface area contributed by atoms with Crippen LogP contribution in [-0.4, -0.2) is 35.5 Å². The Kier molecular flexibility index (Phi) is 19.0. The standard InChI is InChI=1S/C62H68F4N6S8Si/c1-7-13-17-19-23-37-25-41(63)57(73-37)59-43(65)27-45(75-59)39-31-67-53(55-51(39)69-79-71-55)47-29-49-61(77-47)62-50(81(49,33-35(11-5)21-15-9-3)34-36(12-6)22-16-10-4)30-48(78-62)54-56-52(70-80-72-56)40(32-68-54)46-28-44(66)60(76-46)58-42(64)26-38(74-58)24-20-18-14-8-2/h25-32,35-36H,7-24,33-34H2,1-6H3. The number of hydrogen-bond acceptors (Lipinski definition) is 14. The minimum atomic E-state index is -2.54. The number of unbranched alkanes of at least 4 members (excludes halogenated alkanes) is 8. The zero-order valence-corrected chi connectivity index (χ0v) is 54.4. The quantitative estimate of drug-likeness (QED) is 0.0276. The molecule has 1 aliphatic heterocycles. The number of thiophene rings is 6. The van der Waals surface area contributed by atoms with E-state index in [2.05, 4.69) is 53.7 Å². The van der Waals surface area contributed by atoms with Crippen molar-refractivity contribution in [1.29, 1.82) is 0 Å². The number of hydrogen-bond donors (Lipinski definition) is 0. The van der Waals surface area contributed by atoms with Crippen molar-refractivity contribution in [2.75, 3.05) is 0 Å². The maximum Gasteiger partial charge on any atom is 0.143 e. The predicted octanol–water partition coefficient (Wildman–Crippen LogP) is 21.6. The summed E-state index contributed by atoms with van der Waals surface area (Å²) in [4.78, 5) is 19.6. The van der Waals surface area contributed by atoms with Crippen LogP contribution in [0.25, 0.3) is 93.4 Å². The first-order valence-corrected chi connectivity index (χ1v) is 38.0. The Hall–Kier alpha value is -3.92. The maximum absolute atomic E-state index is 16.0. The van der Waals surface area contributed by atoms with Crippen LogP contribution in [0.1, 0.15) is 154 Å². The van der Waals surface area contributed by atoms with Crippen molar-refractivity contribution >= 4 is 132 Å². The molecule has 0 N–H and O–H groups in total. The van der Waals surface area contributed by atoms with Crippen molar-refractivity contribution in [1.82, 2.24) is 27.5 Å². The fourth-order valence-corrected chi connectivity index (χ4v) is 28.1. The van der Waals surface area contributed by atoms with Gasteiger partial charge in [-0.1, -0.05) is 131 Å². The topological polar surface area (TPSA) is 77.3 Å². The van der Waals surface area contributed by atoms with Crippen molar-refractivity contribution in [2.24, 2.45) is 11.8 Å². The van der Waals surface area contributed by atoms with E-state index >= 15 is 17.6 Å². The summed E-state index contributed by atoms with van der Waals surface area (Å²) < 4.78 is 82.5. The largest absolute Gasteiger partial charge is 0.252 e. The van der Waals surface area contributed by atoms with E-state index in [4.69, 9.17) is 27.5 Å². The van der Waals surface area contributed by atoms with Crippen molar-refractivity contribution < 1.29 is 17.6 Å². The molecule has 0 bridgehead atoms. The van der Waals surface area contributed by atoms with Gasteiger partial charge in [-0.05, 0) is 96.4 Å². The summed E-state index contributed by atoms with van der Waals surface area (Å²) in [5.74, 6) is -0.494. The minimum Gasteiger partial charge on any atom is -0.252 e. The summed E-state index contributed by atoms with van der Waals surface area (Å²) in [5, 5.41) is 3.00. The average molecular weight is 1260 g/mol. The molecule has 0 radical (unpaired) electrons. The monoisotopic (exact) mass is 1260 g/mol. The summed E-state index contributed by atoms with van der Waals surface area (Å²) in [6, 6.07) is 13.4. The summed E-state index contributed by atoms with van der Waals surface area (Å²) in [6.07, 6.45) is 23.3. The molecule has 11 heterocycles. The Balaban J connectivity index is 0.985. The van der Waals surface area contributed by atoms with Crippen LogP contribution in [0.4, 0.5) is 17.6 Å². The molecule has 11 rings (SSSR count). The fraction of sp³-hybridized carbons (Fsp3) is 0.452. The van der Waals surface area contributed by atoms with Crippen LogP contribution < -0.4 is 10.4 Å². The van der Waals surface area contributed by atoms with E-state index in [9.17, 15) is 0 Å². The van der Waals surface area contributed by atoms with Crippen LogP contribution in [0.2, 0.25) is 12.1 Å². The van der Waals surface area contributed by atoms with E-state index in [0.29, 0.717) is 74.3 Å². The number of nitrogens with zero attached hydrogens (tertiary/aromatic N) is 6. The van der Waals surface area contributed by atoms with Gasteiger partial charge in [0.25, 0.3) is 0 Å². The second-order valence-electron chi connectivity index (χ2n) is 22.0. The molecule has 2 atom stereocenters. The highest BCUT2D eigenvalue weighted by atomic mass is 32.1. The molecule has 0 aliphatic carbocycles. The van der Waals surface area contributed by atoms with Crippen molar-refractivity contribution in [3.05, 3.63) is 81.8 Å². The second-order valence-corrected chi connectivity index (χ2v) is 33.6. The maximum atomic E-state index is 16.0. The molecule has 426 valence electrons. The van der Waals surface area contributed by atoms with E-state index in [1.54, 1.807) is 34.8 Å². The number of halogens is 4. The molecule has 0 saturated carbocycles. The normalized spacial score (nSPS) is 13.8. The first-order chi connectivity index (χ1) is 39.5. The van der Waals surface area contributed by atoms with Gasteiger partial charge in [0.15, 0.2) is 0 Å². The highest BCUT2D eigenvalue weighted by molar-refractivity contribution is 7.32. The van der Waals surface area contributed by atoms with Crippen molar-refractivity contribution in [3.8, 4) is 71.3 Å². The Morgan fingerprint density at radius 1 is 0.407 bits per heavy atom. The van der Waals surface area contributed by atoms with E-state index in [1.165, 1.54) is 103 Å². The van der Waals surface area contributed by atoms with Gasteiger partial charge in [0.05, 0.1) is 52.7 Å². The first kappa shape index (κ1) is 58.8. The Morgan fingerprint density at radius 3 is 1.20 bits per heavy atom. The Bertz CT molecular complexity index is 3540. The van der Waals surface area contributed by atoms with Gasteiger partial charge in [-0.2, -0.15) is 17.5 Å². The van der Waals surface area contributed by atoms with E-state index in [0.717, 1.165) is 156 Å². The zero-order valence-electron chi connectivity index (χ0n) is 46.9. The van der Waals surface area contributed by atoms with Crippen LogP contribution in [-0.2, 0) is 12.8 Å². The summed E-state index contributed by atoms with van der Waals surface area (Å²) in [7, 11) is -2.54. The first-order valence-electron chi connectivity index (χ1n) is 29.2. The highest BCUT2D eigenvalue weighted by Gasteiger charge is 2.50. The minimum absolute atomic E-state index is 0.308. The van der Waals surface area contributed by atoms with Crippen molar-refractivity contribution in [3.63, 3.8) is 0 Å². The van der Waals surface area contributed by atoms with E-state index in [-0.39, 0.29) is 11.6 Å². The molecular weight excluding hydrogens is 1190 g/mol. The van der Waals surface area contributed by atoms with Gasteiger partial charge in [0, 0.05) is 52.8 Å². The lowest BCUT2D eigenvalue weighted by Crippen LogP contribution is -2.56. The predicted molar refractivity (Wildman–Crippen MR) is 346 cm³/mol. The highest BCUT2D eigenvalue weighted by Crippen LogP contribution is 2.52. The number of aryl methyl sites for hydroxylation is 2. The Labute approximate surface area is 506 Å². The molecule has 19 heteroatoms. The van der Waals surface area contributed by atoms with Crippen LogP contribution >= 0.6 is 91.5 Å². The smallest absolute Gasteiger partial charge is 0.143 e. The fourth-order valence-electron chi connectivity index (χ4n) is 12.0. The van der Waals surface area contributed by atoms with Gasteiger partial charge < -0.3 is 0 Å². The number of rotatable bonds is 28. The summed E-state index contributed by atoms with van der Waals surface area (Å²) in [6.45, 7) is 13.7. The molecule has 10 aromatic rings. The van der Waals surface area contributed by atoms with Gasteiger partial charge in [-0.15, -0.1) is 68.0 Å². The number of pyridine rings is 2. The molecule has 0 amide bonds. The molecule has 0 spiro atoms. The lowest BCUT2D eigenvalue weighted by Gasteiger charge is -2.35. The third-order valence-corrected chi connectivity index (χ3v) is 30.7. The molecule has 0 aromatic carbocycles. The van der Waals surface area contributed by atoms with Crippen LogP contribution in [0.3, 0.4) is 0 Å². The van der Waals surface area contributed by atoms with Crippen molar-refractivity contribution in [2.45, 2.75) is 169 Å². The Morgan fingerprint density at radius 2 is 0.790 bits per heavy atom. The van der Waals surface area contributed by atoms with Gasteiger partial charge in [-0.25, -0.2) is 17.6 Å². The molecule has 81 heavy (non-hydrogen) atoms. The van der Waals surface area contributed by atoms with Gasteiger partial charge >= 0.3 is 0 Å². The van der Waals surface area contributed by atoms with E-state index < -0.39 is 19.7 Å². The van der Waals surface area contributed by atoms with Crippen LogP contribution in [0.15, 0.2) is 48.8 Å². The summed E-state index contributed by atoms with van der Waals surface area (Å²) in [5.41, 5.74) is 5.67. The third kappa shape index (κ3) is 11.8. The lowest BCUT2D eigenvalue weighted by atomic mass is 10.0. The third-order valence-electron chi connectivity index (χ3n) is 16.5. The SMILES string of the molecule is CCCCCCc1cc(F)c(-c2sc(-c3cnc(-c4cc5c(s4)-c4sc(-c6ncc(-c7cc(F)c(-c8sc(CCCCCC)cc8F)s7)c7nsnc67)cc4[Si]5(CC(CC)CCCC)CC(CC)CCCC)c4nsnc34)cc2F)s1. The summed E-state index contributed by atoms with van der Waals surface area (Å²) >= 11 is 11.1. The van der Waals surface area contributed by atoms with Gasteiger partial charge in [-0.3, -0.25) is 9.97 Å². The molecule has 1 aliphatic rings. The lowest BCUT2D eigenvalue weighted by molar-refractivity contribution is 0.469. The molecular formula is C62H68F4N6S8Si. The van der Waals surface area contributed by atoms with Gasteiger partial charge in [0.2, 0.25) is 0 Å². The number of fused-ring (bicyclic) bond motifs is 5. The van der Waals surface area contributed by atoms with Crippen LogP contribution in [0.5, 0.6) is 0 Å². The molecule has 10 aromatic heterocycles. The average Bonchev–Trinajstić information content (AvgIpc) is 3.00. The van der Waals surface area contributed by atoms with Gasteiger partial charge in [0.1, 0.15) is 64.8 Å². The number of aromatic nitrogens is 6. The van der Waals surface area contributed by atoms with E-state index in [1.807, 2.05) is 12.4 Å². The second kappa shape index (κ2) is 26.1. The molecule has 2 unspecified atom stereocenters. The van der Waals surface area contributed by atoms with Crippen LogP contribution in [0, 0.1) is 35.1 Å².